The maximum atomic E-state index is 13.9. The van der Waals surface area contributed by atoms with Crippen LogP contribution in [0.1, 0.15) is 40.2 Å². The molecule has 3 heterocycles. The van der Waals surface area contributed by atoms with Crippen molar-refractivity contribution in [3.05, 3.63) is 71.0 Å². The van der Waals surface area contributed by atoms with Gasteiger partial charge >= 0.3 is 6.18 Å². The molecule has 0 radical (unpaired) electrons. The first-order valence-corrected chi connectivity index (χ1v) is 12.5. The van der Waals surface area contributed by atoms with Crippen molar-refractivity contribution >= 4 is 29.1 Å². The van der Waals surface area contributed by atoms with E-state index in [1.165, 1.54) is 29.2 Å². The van der Waals surface area contributed by atoms with Gasteiger partial charge in [-0.15, -0.1) is 0 Å². The predicted molar refractivity (Wildman–Crippen MR) is 136 cm³/mol. The average Bonchev–Trinajstić information content (AvgIpc) is 3.57. The van der Waals surface area contributed by atoms with E-state index in [1.54, 1.807) is 36.2 Å². The minimum Gasteiger partial charge on any atom is -0.859 e. The van der Waals surface area contributed by atoms with E-state index in [4.69, 9.17) is 5.41 Å². The van der Waals surface area contributed by atoms with Crippen molar-refractivity contribution in [1.82, 2.24) is 14.7 Å². The molecule has 0 spiro atoms. The van der Waals surface area contributed by atoms with E-state index in [9.17, 15) is 27.9 Å². The molecule has 1 fully saturated rings. The molecule has 0 bridgehead atoms. The molecule has 2 aliphatic heterocycles. The topological polar surface area (TPSA) is 109 Å². The summed E-state index contributed by atoms with van der Waals surface area (Å²) in [5, 5.41) is 22.6. The Hall–Kier alpha value is -4.19. The van der Waals surface area contributed by atoms with Crippen LogP contribution in [-0.4, -0.2) is 65.6 Å². The number of rotatable bonds is 6. The number of anilines is 2. The Morgan fingerprint density at radius 2 is 1.77 bits per heavy atom. The van der Waals surface area contributed by atoms with Crippen molar-refractivity contribution in [1.29, 1.82) is 5.41 Å². The third-order valence-corrected chi connectivity index (χ3v) is 7.12. The number of halogens is 3. The van der Waals surface area contributed by atoms with Gasteiger partial charge in [0.1, 0.15) is 5.69 Å². The monoisotopic (exact) mass is 539 g/mol. The maximum absolute atomic E-state index is 13.9. The van der Waals surface area contributed by atoms with Crippen LogP contribution in [0.5, 0.6) is 0 Å². The van der Waals surface area contributed by atoms with Gasteiger partial charge in [0.05, 0.1) is 12.2 Å². The molecule has 9 nitrogen and oxygen atoms in total. The summed E-state index contributed by atoms with van der Waals surface area (Å²) in [6.45, 7) is 2.13. The Morgan fingerprint density at radius 1 is 1.08 bits per heavy atom. The number of hydrogen-bond acceptors (Lipinski definition) is 6. The fourth-order valence-electron chi connectivity index (χ4n) is 5.04. The lowest BCUT2D eigenvalue weighted by Gasteiger charge is -2.28. The molecule has 204 valence electrons. The molecule has 0 unspecified atom stereocenters. The summed E-state index contributed by atoms with van der Waals surface area (Å²) in [7, 11) is 1.68. The van der Waals surface area contributed by atoms with Gasteiger partial charge in [0.2, 0.25) is 5.91 Å². The molecule has 0 atom stereocenters. The second kappa shape index (κ2) is 10.2. The number of amides is 2. The number of carbonyl (C=O) groups excluding carboxylic acids is 2. The van der Waals surface area contributed by atoms with Crippen LogP contribution in [0.25, 0.3) is 5.69 Å². The van der Waals surface area contributed by atoms with Crippen LogP contribution in [0.3, 0.4) is 0 Å². The molecule has 0 aliphatic carbocycles. The normalized spacial score (nSPS) is 15.9. The summed E-state index contributed by atoms with van der Waals surface area (Å²) in [4.78, 5) is 31.3. The maximum Gasteiger partial charge on any atom is 0.435 e. The second-order valence-electron chi connectivity index (χ2n) is 9.62. The number of fused-ring (bicyclic) bond motifs is 1. The lowest BCUT2D eigenvalue weighted by Crippen LogP contribution is -2.39. The van der Waals surface area contributed by atoms with Crippen LogP contribution < -0.4 is 14.9 Å². The Kier molecular flexibility index (Phi) is 6.89. The molecule has 1 aromatic heterocycles. The van der Waals surface area contributed by atoms with Crippen molar-refractivity contribution in [2.45, 2.75) is 25.4 Å². The van der Waals surface area contributed by atoms with Crippen LogP contribution in [0.15, 0.2) is 48.5 Å². The molecular weight excluding hydrogens is 513 g/mol. The van der Waals surface area contributed by atoms with E-state index >= 15 is 0 Å². The molecular formula is C27H26F3N6O3-. The van der Waals surface area contributed by atoms with Crippen molar-refractivity contribution in [2.24, 2.45) is 0 Å². The van der Waals surface area contributed by atoms with Crippen LogP contribution >= 0.6 is 0 Å². The molecule has 12 heteroatoms. The minimum atomic E-state index is -4.78. The zero-order valence-corrected chi connectivity index (χ0v) is 21.2. The second-order valence-corrected chi connectivity index (χ2v) is 9.62. The number of nitrogens with one attached hydrogen (secondary N) is 1. The number of likely N-dealkylation sites (tertiary alicyclic amines) is 1. The fraction of sp³-hybridized carbons (Fsp3) is 0.333. The SMILES string of the molecule is CN(C(=O)CN1CCCC1)c1ccc(N2CCc3c(C(F)(F)F)nn(-c4cccc(C(=N)[O-])c4)c3C2=O)cc1. The third-order valence-electron chi connectivity index (χ3n) is 7.12. The summed E-state index contributed by atoms with van der Waals surface area (Å²) in [5.41, 5.74) is -0.476. The zero-order valence-electron chi connectivity index (χ0n) is 21.2. The van der Waals surface area contributed by atoms with Gasteiger partial charge in [0, 0.05) is 30.5 Å². The van der Waals surface area contributed by atoms with E-state index in [0.29, 0.717) is 17.9 Å². The van der Waals surface area contributed by atoms with E-state index < -0.39 is 23.7 Å². The largest absolute Gasteiger partial charge is 0.859 e. The summed E-state index contributed by atoms with van der Waals surface area (Å²) in [6.07, 6.45) is -2.71. The number of benzene rings is 2. The number of nitrogens with zero attached hydrogens (tertiary/aromatic N) is 5. The van der Waals surface area contributed by atoms with Gasteiger partial charge in [-0.1, -0.05) is 12.1 Å². The lowest BCUT2D eigenvalue weighted by atomic mass is 10.0. The third kappa shape index (κ3) is 5.11. The molecule has 1 saturated heterocycles. The number of likely N-dealkylation sites (N-methyl/N-ethyl adjacent to an activating group) is 1. The molecule has 1 N–H and O–H groups in total. The minimum absolute atomic E-state index is 0.00886. The molecule has 0 saturated carbocycles. The van der Waals surface area contributed by atoms with Crippen LogP contribution in [-0.2, 0) is 17.4 Å². The Morgan fingerprint density at radius 3 is 2.41 bits per heavy atom. The highest BCUT2D eigenvalue weighted by molar-refractivity contribution is 6.08. The molecule has 2 aromatic carbocycles. The summed E-state index contributed by atoms with van der Waals surface area (Å²) in [5.74, 6) is -1.74. The summed E-state index contributed by atoms with van der Waals surface area (Å²) >= 11 is 0. The number of hydrogen-bond donors (Lipinski definition) is 1. The molecule has 2 aliphatic rings. The van der Waals surface area contributed by atoms with Crippen LogP contribution in [0.2, 0.25) is 0 Å². The summed E-state index contributed by atoms with van der Waals surface area (Å²) < 4.78 is 42.5. The van der Waals surface area contributed by atoms with Gasteiger partial charge in [0.25, 0.3) is 5.91 Å². The van der Waals surface area contributed by atoms with E-state index in [0.717, 1.165) is 30.6 Å². The smallest absolute Gasteiger partial charge is 0.435 e. The first-order valence-electron chi connectivity index (χ1n) is 12.5. The standard InChI is InChI=1S/C27H27F3N6O3/c1-33(22(37)16-34-12-2-3-13-34)18-7-9-19(10-8-18)35-14-11-21-23(26(35)39)36(32-24(21)27(28,29)30)20-6-4-5-17(15-20)25(31)38/h4-10,15H,2-3,11-14,16H2,1H3,(H2,31,38)/p-1. The number of carbonyl (C=O) groups is 2. The molecule has 3 aromatic rings. The van der Waals surface area contributed by atoms with Crippen molar-refractivity contribution in [3.8, 4) is 5.69 Å². The highest BCUT2D eigenvalue weighted by Crippen LogP contribution is 2.37. The van der Waals surface area contributed by atoms with Crippen molar-refractivity contribution < 1.29 is 27.9 Å². The lowest BCUT2D eigenvalue weighted by molar-refractivity contribution is -0.214. The van der Waals surface area contributed by atoms with Gasteiger partial charge in [-0.2, -0.15) is 18.3 Å². The quantitative estimate of drug-likeness (QED) is 0.383. The van der Waals surface area contributed by atoms with Crippen molar-refractivity contribution in [2.75, 3.05) is 43.0 Å². The fourth-order valence-corrected chi connectivity index (χ4v) is 5.04. The first kappa shape index (κ1) is 26.4. The number of alkyl halides is 3. The van der Waals surface area contributed by atoms with Gasteiger partial charge < -0.3 is 20.3 Å². The zero-order chi connectivity index (χ0) is 27.9. The first-order chi connectivity index (χ1) is 18.5. The highest BCUT2D eigenvalue weighted by Gasteiger charge is 2.43. The van der Waals surface area contributed by atoms with E-state index in [-0.39, 0.29) is 41.4 Å². The van der Waals surface area contributed by atoms with E-state index in [1.807, 2.05) is 0 Å². The van der Waals surface area contributed by atoms with Gasteiger partial charge in [-0.25, -0.2) is 4.68 Å². The predicted octanol–water partition coefficient (Wildman–Crippen LogP) is 2.84. The highest BCUT2D eigenvalue weighted by atomic mass is 19.4. The Balaban J connectivity index is 1.44. The Bertz CT molecular complexity index is 1430. The molecule has 39 heavy (non-hydrogen) atoms. The van der Waals surface area contributed by atoms with Crippen molar-refractivity contribution in [3.63, 3.8) is 0 Å². The Labute approximate surface area is 222 Å². The number of aromatic nitrogens is 2. The van der Waals surface area contributed by atoms with Crippen LogP contribution in [0.4, 0.5) is 24.5 Å². The van der Waals surface area contributed by atoms with Gasteiger partial charge in [0.15, 0.2) is 5.69 Å². The summed E-state index contributed by atoms with van der Waals surface area (Å²) in [6, 6.07) is 12.1. The van der Waals surface area contributed by atoms with Gasteiger partial charge in [-0.05, 0) is 80.2 Å². The van der Waals surface area contributed by atoms with Crippen LogP contribution in [0, 0.1) is 5.41 Å². The van der Waals surface area contributed by atoms with Gasteiger partial charge in [-0.3, -0.25) is 14.5 Å². The average molecular weight is 540 g/mol. The molecule has 5 rings (SSSR count). The van der Waals surface area contributed by atoms with E-state index in [2.05, 4.69) is 10.00 Å². The molecule has 2 amide bonds.